The van der Waals surface area contributed by atoms with Gasteiger partial charge >= 0.3 is 7.12 Å². The van der Waals surface area contributed by atoms with E-state index in [0.717, 1.165) is 6.42 Å². The number of pyridine rings is 1. The molecule has 2 aromatic rings. The summed E-state index contributed by atoms with van der Waals surface area (Å²) in [6.07, 6.45) is 7.30. The predicted octanol–water partition coefficient (Wildman–Crippen LogP) is 5.20. The minimum atomic E-state index is -0.316. The van der Waals surface area contributed by atoms with Crippen LogP contribution < -0.4 is 0 Å². The van der Waals surface area contributed by atoms with Gasteiger partial charge in [-0.15, -0.1) is 0 Å². The Balaban J connectivity index is 1.63. The summed E-state index contributed by atoms with van der Waals surface area (Å²) in [5.74, 6) is 1.01. The monoisotopic (exact) mass is 371 g/mol. The second-order valence-electron chi connectivity index (χ2n) is 9.12. The van der Waals surface area contributed by atoms with Gasteiger partial charge in [-0.05, 0) is 79.8 Å². The fraction of sp³-hybridized carbons (Fsp3) is 0.375. The number of hydrogen-bond donors (Lipinski definition) is 0. The average molecular weight is 371 g/mol. The molecule has 0 bridgehead atoms. The lowest BCUT2D eigenvalue weighted by Gasteiger charge is -2.32. The van der Waals surface area contributed by atoms with E-state index in [0.29, 0.717) is 11.8 Å². The molecule has 1 aromatic carbocycles. The number of hydrogen-bond acceptors (Lipinski definition) is 3. The third-order valence-electron chi connectivity index (χ3n) is 6.77. The summed E-state index contributed by atoms with van der Waals surface area (Å²) in [6, 6.07) is 14.8. The first-order chi connectivity index (χ1) is 13.4. The third kappa shape index (κ3) is 2.78. The van der Waals surface area contributed by atoms with E-state index < -0.39 is 0 Å². The van der Waals surface area contributed by atoms with Gasteiger partial charge in [0.1, 0.15) is 0 Å². The van der Waals surface area contributed by atoms with Gasteiger partial charge in [-0.2, -0.15) is 0 Å². The van der Waals surface area contributed by atoms with Crippen LogP contribution in [0.3, 0.4) is 0 Å². The van der Waals surface area contributed by atoms with E-state index in [4.69, 9.17) is 9.31 Å². The van der Waals surface area contributed by atoms with Crippen molar-refractivity contribution in [1.82, 2.24) is 4.98 Å². The van der Waals surface area contributed by atoms with Gasteiger partial charge in [-0.3, -0.25) is 4.98 Å². The summed E-state index contributed by atoms with van der Waals surface area (Å²) in [4.78, 5) is 4.37. The molecule has 0 radical (unpaired) electrons. The molecular formula is C24H26BNO2. The number of rotatable bonds is 3. The van der Waals surface area contributed by atoms with Crippen molar-refractivity contribution < 1.29 is 9.31 Å². The van der Waals surface area contributed by atoms with Crippen molar-refractivity contribution in [2.45, 2.75) is 45.3 Å². The van der Waals surface area contributed by atoms with Crippen LogP contribution >= 0.6 is 0 Å². The molecule has 1 saturated heterocycles. The first kappa shape index (κ1) is 17.9. The van der Waals surface area contributed by atoms with Gasteiger partial charge in [0.15, 0.2) is 0 Å². The first-order valence-electron chi connectivity index (χ1n) is 10.1. The summed E-state index contributed by atoms with van der Waals surface area (Å²) in [7, 11) is -0.269. The van der Waals surface area contributed by atoms with E-state index in [2.05, 4.69) is 75.2 Å². The van der Waals surface area contributed by atoms with Crippen LogP contribution in [0, 0.1) is 11.8 Å². The molecule has 2 heterocycles. The van der Waals surface area contributed by atoms with Crippen LogP contribution in [0.4, 0.5) is 0 Å². The number of allylic oxidation sites excluding steroid dienone is 4. The van der Waals surface area contributed by atoms with Crippen molar-refractivity contribution in [1.29, 1.82) is 0 Å². The van der Waals surface area contributed by atoms with Crippen molar-refractivity contribution in [3.8, 4) is 0 Å². The lowest BCUT2D eigenvalue weighted by atomic mass is 9.69. The molecule has 5 rings (SSSR count). The molecule has 0 spiro atoms. The highest BCUT2D eigenvalue weighted by Gasteiger charge is 2.57. The van der Waals surface area contributed by atoms with Gasteiger partial charge in [0.05, 0.1) is 11.2 Å². The first-order valence-corrected chi connectivity index (χ1v) is 10.1. The second-order valence-corrected chi connectivity index (χ2v) is 9.12. The fourth-order valence-electron chi connectivity index (χ4n) is 4.40. The molecular weight excluding hydrogens is 345 g/mol. The van der Waals surface area contributed by atoms with Gasteiger partial charge in [0.25, 0.3) is 0 Å². The zero-order valence-corrected chi connectivity index (χ0v) is 17.0. The highest BCUT2D eigenvalue weighted by molar-refractivity contribution is 6.55. The van der Waals surface area contributed by atoms with E-state index in [1.165, 1.54) is 27.7 Å². The number of nitrogens with zero attached hydrogens (tertiary/aromatic N) is 1. The van der Waals surface area contributed by atoms with Crippen molar-refractivity contribution in [3.63, 3.8) is 0 Å². The minimum absolute atomic E-state index is 0.269. The fourth-order valence-corrected chi connectivity index (χ4v) is 4.40. The molecule has 3 aliphatic rings. The summed E-state index contributed by atoms with van der Waals surface area (Å²) >= 11 is 0. The van der Waals surface area contributed by atoms with Gasteiger partial charge < -0.3 is 9.31 Å². The van der Waals surface area contributed by atoms with E-state index in [1.54, 1.807) is 0 Å². The normalized spacial score (nSPS) is 27.4. The molecule has 28 heavy (non-hydrogen) atoms. The molecule has 0 amide bonds. The van der Waals surface area contributed by atoms with Crippen LogP contribution in [0.25, 0.3) is 11.1 Å². The maximum Gasteiger partial charge on any atom is 0.490 e. The van der Waals surface area contributed by atoms with Crippen molar-refractivity contribution in [3.05, 3.63) is 77.5 Å². The molecule has 2 fully saturated rings. The van der Waals surface area contributed by atoms with Crippen molar-refractivity contribution in [2.75, 3.05) is 0 Å². The van der Waals surface area contributed by atoms with Crippen LogP contribution in [0.1, 0.15) is 45.2 Å². The molecule has 2 unspecified atom stereocenters. The largest absolute Gasteiger partial charge is 0.490 e. The molecule has 142 valence electrons. The van der Waals surface area contributed by atoms with E-state index >= 15 is 0 Å². The SMILES string of the molecule is CC1(C)OB(C2=CC(c3ccccc3)=C(c3cccnc3)C3CC23)OC1(C)C. The Morgan fingerprint density at radius 1 is 0.893 bits per heavy atom. The second kappa shape index (κ2) is 6.17. The number of aromatic nitrogens is 1. The number of fused-ring (bicyclic) bond motifs is 1. The summed E-state index contributed by atoms with van der Waals surface area (Å²) in [5.41, 5.74) is 5.79. The van der Waals surface area contributed by atoms with Gasteiger partial charge in [-0.25, -0.2) is 0 Å². The van der Waals surface area contributed by atoms with Crippen LogP contribution in [-0.2, 0) is 9.31 Å². The lowest BCUT2D eigenvalue weighted by Crippen LogP contribution is -2.41. The summed E-state index contributed by atoms with van der Waals surface area (Å²) < 4.78 is 12.8. The minimum Gasteiger partial charge on any atom is -0.400 e. The topological polar surface area (TPSA) is 31.4 Å². The van der Waals surface area contributed by atoms with Crippen LogP contribution in [0.15, 0.2) is 66.4 Å². The van der Waals surface area contributed by atoms with Crippen molar-refractivity contribution >= 4 is 18.3 Å². The predicted molar refractivity (Wildman–Crippen MR) is 113 cm³/mol. The Morgan fingerprint density at radius 3 is 2.21 bits per heavy atom. The molecule has 3 nitrogen and oxygen atoms in total. The molecule has 1 aliphatic heterocycles. The highest BCUT2D eigenvalue weighted by atomic mass is 16.7. The molecule has 1 saturated carbocycles. The third-order valence-corrected chi connectivity index (χ3v) is 6.77. The highest BCUT2D eigenvalue weighted by Crippen LogP contribution is 2.59. The van der Waals surface area contributed by atoms with E-state index in [9.17, 15) is 0 Å². The zero-order valence-electron chi connectivity index (χ0n) is 17.0. The Labute approximate surface area is 167 Å². The van der Waals surface area contributed by atoms with Crippen LogP contribution in [-0.4, -0.2) is 23.3 Å². The van der Waals surface area contributed by atoms with E-state index in [1.807, 2.05) is 18.5 Å². The number of benzene rings is 1. The van der Waals surface area contributed by atoms with Crippen LogP contribution in [0.2, 0.25) is 0 Å². The van der Waals surface area contributed by atoms with Gasteiger partial charge in [-0.1, -0.05) is 42.5 Å². The Kier molecular flexibility index (Phi) is 3.94. The standard InChI is InChI=1S/C24H26BNO2/c1-23(2)24(3,4)28-25(27-23)21-14-18(16-9-6-5-7-10-16)22(20-13-19(20)21)17-11-8-12-26-15-17/h5-12,14-15,19-20H,13H2,1-4H3. The Hall–Kier alpha value is -2.17. The maximum atomic E-state index is 6.40. The Morgan fingerprint density at radius 2 is 1.57 bits per heavy atom. The maximum absolute atomic E-state index is 6.40. The molecule has 0 N–H and O–H groups in total. The van der Waals surface area contributed by atoms with Crippen molar-refractivity contribution in [2.24, 2.45) is 11.8 Å². The zero-order chi connectivity index (χ0) is 19.5. The average Bonchev–Trinajstić information content (AvgIpc) is 3.43. The summed E-state index contributed by atoms with van der Waals surface area (Å²) in [6.45, 7) is 8.48. The van der Waals surface area contributed by atoms with E-state index in [-0.39, 0.29) is 18.3 Å². The lowest BCUT2D eigenvalue weighted by molar-refractivity contribution is 0.00578. The Bertz CT molecular complexity index is 947. The van der Waals surface area contributed by atoms with Crippen LogP contribution in [0.5, 0.6) is 0 Å². The smallest absolute Gasteiger partial charge is 0.400 e. The molecule has 2 aliphatic carbocycles. The summed E-state index contributed by atoms with van der Waals surface area (Å²) in [5, 5.41) is 0. The van der Waals surface area contributed by atoms with Gasteiger partial charge in [0.2, 0.25) is 0 Å². The quantitative estimate of drug-likeness (QED) is 0.695. The molecule has 1 aromatic heterocycles. The molecule has 4 heteroatoms. The molecule has 2 atom stereocenters. The van der Waals surface area contributed by atoms with Gasteiger partial charge in [0, 0.05) is 12.4 Å².